The van der Waals surface area contributed by atoms with Gasteiger partial charge in [0, 0.05) is 16.5 Å². The molecule has 8 heteroatoms. The van der Waals surface area contributed by atoms with Crippen molar-refractivity contribution >= 4 is 40.9 Å². The first kappa shape index (κ1) is 28.5. The molecule has 6 atom stereocenters. The Morgan fingerprint density at radius 3 is 2.25 bits per heavy atom. The topological polar surface area (TPSA) is 95.0 Å². The number of amides is 4. The molecule has 1 saturated carbocycles. The number of likely N-dealkylation sites (tertiary alicyclic amines) is 1. The predicted octanol–water partition coefficient (Wildman–Crippen LogP) is 6.01. The molecule has 4 amide bonds. The van der Waals surface area contributed by atoms with Gasteiger partial charge in [0.2, 0.25) is 23.6 Å². The zero-order valence-corrected chi connectivity index (χ0v) is 25.5. The average molecular weight is 609 g/mol. The number of hydrogen-bond acceptors (Lipinski definition) is 5. The molecular formula is C36H33ClN2O5. The summed E-state index contributed by atoms with van der Waals surface area (Å²) in [5.41, 5.74) is 0.551. The van der Waals surface area contributed by atoms with Crippen LogP contribution in [0.2, 0.25) is 5.02 Å². The van der Waals surface area contributed by atoms with Crippen LogP contribution in [-0.4, -0.2) is 39.2 Å². The third kappa shape index (κ3) is 3.88. The van der Waals surface area contributed by atoms with Gasteiger partial charge in [0.1, 0.15) is 5.75 Å². The van der Waals surface area contributed by atoms with Crippen molar-refractivity contribution in [2.45, 2.75) is 50.5 Å². The standard InChI is InChI=1S/C36H33ClN2O5/c1-35(2,3)39-31(41)26-16-15-25-27(29(26)33(39)43)19-28-32(42)38(23-13-8-12-22(37)18-23)34(44)36(28,21-10-5-4-6-11-21)30(25)20-9-7-14-24(40)17-20/h4-15,17-18,26-30,40H,16,19H2,1-3H3. The van der Waals surface area contributed by atoms with Crippen LogP contribution in [0, 0.1) is 23.7 Å². The number of benzene rings is 3. The Hall–Kier alpha value is -4.23. The van der Waals surface area contributed by atoms with E-state index in [2.05, 4.69) is 0 Å². The fraction of sp³-hybridized carbons (Fsp3) is 0.333. The molecule has 2 aliphatic heterocycles. The van der Waals surface area contributed by atoms with Crippen molar-refractivity contribution in [3.8, 4) is 5.75 Å². The number of aromatic hydroxyl groups is 1. The maximum atomic E-state index is 15.1. The Labute approximate surface area is 261 Å². The van der Waals surface area contributed by atoms with Gasteiger partial charge in [-0.15, -0.1) is 0 Å². The van der Waals surface area contributed by atoms with E-state index >= 15 is 4.79 Å². The number of fused-ring (bicyclic) bond motifs is 4. The molecule has 0 radical (unpaired) electrons. The van der Waals surface area contributed by atoms with Gasteiger partial charge >= 0.3 is 0 Å². The zero-order valence-electron chi connectivity index (χ0n) is 24.7. The largest absolute Gasteiger partial charge is 0.508 e. The zero-order chi connectivity index (χ0) is 31.1. The lowest BCUT2D eigenvalue weighted by Gasteiger charge is -2.50. The Morgan fingerprint density at radius 2 is 1.57 bits per heavy atom. The van der Waals surface area contributed by atoms with Crippen LogP contribution >= 0.6 is 11.6 Å². The molecule has 3 fully saturated rings. The van der Waals surface area contributed by atoms with E-state index in [4.69, 9.17) is 11.6 Å². The van der Waals surface area contributed by atoms with Crippen LogP contribution < -0.4 is 4.90 Å². The van der Waals surface area contributed by atoms with Crippen molar-refractivity contribution < 1.29 is 24.3 Å². The van der Waals surface area contributed by atoms with Gasteiger partial charge in [-0.1, -0.05) is 71.8 Å². The minimum atomic E-state index is -1.36. The highest BCUT2D eigenvalue weighted by Crippen LogP contribution is 2.64. The molecule has 0 spiro atoms. The maximum absolute atomic E-state index is 15.1. The molecule has 2 aliphatic carbocycles. The number of anilines is 1. The van der Waals surface area contributed by atoms with Crippen LogP contribution in [0.1, 0.15) is 50.7 Å². The fourth-order valence-electron chi connectivity index (χ4n) is 8.48. The molecule has 1 N–H and O–H groups in total. The SMILES string of the molecule is CC(C)(C)N1C(=O)C2CC=C3C(CC4C(=O)N(c5cccc(Cl)c5)C(=O)C4(c4ccccc4)C3c3cccc(O)c3)C2C1=O. The van der Waals surface area contributed by atoms with Crippen molar-refractivity contribution in [2.75, 3.05) is 4.90 Å². The van der Waals surface area contributed by atoms with E-state index in [1.807, 2.05) is 63.2 Å². The lowest BCUT2D eigenvalue weighted by molar-refractivity contribution is -0.145. The molecule has 0 aromatic heterocycles. The highest BCUT2D eigenvalue weighted by atomic mass is 35.5. The van der Waals surface area contributed by atoms with Crippen molar-refractivity contribution in [3.63, 3.8) is 0 Å². The van der Waals surface area contributed by atoms with E-state index in [1.165, 1.54) is 9.80 Å². The van der Waals surface area contributed by atoms with Crippen LogP contribution in [0.15, 0.2) is 90.5 Å². The summed E-state index contributed by atoms with van der Waals surface area (Å²) in [6.07, 6.45) is 2.62. The number of carbonyl (C=O) groups excluding carboxylic acids is 4. The summed E-state index contributed by atoms with van der Waals surface area (Å²) in [5, 5.41) is 11.1. The van der Waals surface area contributed by atoms with Gasteiger partial charge in [-0.05, 0) is 81.0 Å². The summed E-state index contributed by atoms with van der Waals surface area (Å²) in [6, 6.07) is 22.9. The van der Waals surface area contributed by atoms with E-state index in [9.17, 15) is 19.5 Å². The van der Waals surface area contributed by atoms with Gasteiger partial charge in [-0.3, -0.25) is 24.1 Å². The fourth-order valence-corrected chi connectivity index (χ4v) is 8.67. The number of imide groups is 2. The molecule has 2 saturated heterocycles. The molecular weight excluding hydrogens is 576 g/mol. The first-order chi connectivity index (χ1) is 21.0. The van der Waals surface area contributed by atoms with Gasteiger partial charge in [0.05, 0.1) is 28.9 Å². The van der Waals surface area contributed by atoms with Crippen molar-refractivity contribution in [3.05, 3.63) is 107 Å². The summed E-state index contributed by atoms with van der Waals surface area (Å²) < 4.78 is 0. The predicted molar refractivity (Wildman–Crippen MR) is 166 cm³/mol. The number of nitrogens with zero attached hydrogens (tertiary/aromatic N) is 2. The molecule has 224 valence electrons. The highest BCUT2D eigenvalue weighted by molar-refractivity contribution is 6.32. The summed E-state index contributed by atoms with van der Waals surface area (Å²) in [5.74, 6) is -4.24. The van der Waals surface area contributed by atoms with Crippen LogP contribution in [-0.2, 0) is 24.6 Å². The van der Waals surface area contributed by atoms with Gasteiger partial charge in [0.25, 0.3) is 0 Å². The van der Waals surface area contributed by atoms with E-state index < -0.39 is 40.5 Å². The van der Waals surface area contributed by atoms with E-state index in [0.29, 0.717) is 28.3 Å². The van der Waals surface area contributed by atoms with Crippen molar-refractivity contribution in [1.82, 2.24) is 4.90 Å². The molecule has 3 aromatic carbocycles. The second kappa shape index (κ2) is 9.89. The molecule has 2 heterocycles. The summed E-state index contributed by atoms with van der Waals surface area (Å²) in [6.45, 7) is 5.56. The molecule has 7 nitrogen and oxygen atoms in total. The first-order valence-electron chi connectivity index (χ1n) is 15.0. The lowest BCUT2D eigenvalue weighted by Crippen LogP contribution is -2.53. The number of carbonyl (C=O) groups is 4. The number of hydrogen-bond donors (Lipinski definition) is 1. The third-order valence-electron chi connectivity index (χ3n) is 10.0. The Bertz CT molecular complexity index is 1760. The number of allylic oxidation sites excluding steroid dienone is 2. The number of rotatable bonds is 3. The quantitative estimate of drug-likeness (QED) is 0.290. The Balaban J connectivity index is 1.49. The van der Waals surface area contributed by atoms with E-state index in [-0.39, 0.29) is 35.8 Å². The number of phenols is 1. The van der Waals surface area contributed by atoms with E-state index in [1.54, 1.807) is 42.5 Å². The second-order valence-corrected chi connectivity index (χ2v) is 13.8. The van der Waals surface area contributed by atoms with Crippen LogP contribution in [0.5, 0.6) is 5.75 Å². The van der Waals surface area contributed by atoms with Gasteiger partial charge in [0.15, 0.2) is 0 Å². The van der Waals surface area contributed by atoms with Crippen LogP contribution in [0.4, 0.5) is 5.69 Å². The molecule has 44 heavy (non-hydrogen) atoms. The maximum Gasteiger partial charge on any atom is 0.246 e. The van der Waals surface area contributed by atoms with E-state index in [0.717, 1.165) is 5.57 Å². The van der Waals surface area contributed by atoms with Crippen LogP contribution in [0.25, 0.3) is 0 Å². The number of phenolic OH excluding ortho intramolecular Hbond substituents is 1. The minimum Gasteiger partial charge on any atom is -0.508 e. The molecule has 7 rings (SSSR count). The smallest absolute Gasteiger partial charge is 0.246 e. The van der Waals surface area contributed by atoms with Crippen molar-refractivity contribution in [1.29, 1.82) is 0 Å². The molecule has 4 aliphatic rings. The normalized spacial score (nSPS) is 29.8. The van der Waals surface area contributed by atoms with Gasteiger partial charge in [-0.2, -0.15) is 0 Å². The lowest BCUT2D eigenvalue weighted by atomic mass is 9.49. The summed E-state index contributed by atoms with van der Waals surface area (Å²) >= 11 is 6.35. The van der Waals surface area contributed by atoms with Crippen molar-refractivity contribution in [2.24, 2.45) is 23.7 Å². The summed E-state index contributed by atoms with van der Waals surface area (Å²) in [4.78, 5) is 60.2. The average Bonchev–Trinajstić information content (AvgIpc) is 3.38. The molecule has 0 bridgehead atoms. The number of halogens is 1. The van der Waals surface area contributed by atoms with Crippen LogP contribution in [0.3, 0.4) is 0 Å². The third-order valence-corrected chi connectivity index (χ3v) is 10.3. The first-order valence-corrected chi connectivity index (χ1v) is 15.4. The second-order valence-electron chi connectivity index (χ2n) is 13.4. The molecule has 6 unspecified atom stereocenters. The monoisotopic (exact) mass is 608 g/mol. The summed E-state index contributed by atoms with van der Waals surface area (Å²) in [7, 11) is 0. The Kier molecular flexibility index (Phi) is 6.42. The van der Waals surface area contributed by atoms with Gasteiger partial charge < -0.3 is 5.11 Å². The highest BCUT2D eigenvalue weighted by Gasteiger charge is 2.70. The molecule has 3 aromatic rings. The minimum absolute atomic E-state index is 0.0353. The Morgan fingerprint density at radius 1 is 0.841 bits per heavy atom. The van der Waals surface area contributed by atoms with Gasteiger partial charge in [-0.25, -0.2) is 4.90 Å².